The Kier molecular flexibility index (Phi) is 10.0. The van der Waals surface area contributed by atoms with Gasteiger partial charge in [0.15, 0.2) is 0 Å². The van der Waals surface area contributed by atoms with Crippen molar-refractivity contribution in [2.45, 2.75) is 18.9 Å². The SMILES string of the molecule is O=C(O)N1CCC(c2ccncc2Nc2ncc3ccc(-c4c(F)cccc4F)nn23)=CC1c1cc(-c2c(F)cccc2F)nn2c(Nc3cnccc3C3=CCNCC3)ncc12. The molecule has 2 aliphatic heterocycles. The van der Waals surface area contributed by atoms with E-state index in [9.17, 15) is 18.7 Å². The molecule has 4 N–H and O–H groups in total. The number of rotatable bonds is 9. The molecule has 0 saturated heterocycles. The van der Waals surface area contributed by atoms with Crippen molar-refractivity contribution in [3.05, 3.63) is 156 Å². The van der Waals surface area contributed by atoms with E-state index in [0.717, 1.165) is 48.4 Å². The van der Waals surface area contributed by atoms with E-state index in [0.29, 0.717) is 45.7 Å². The molecular weight excluding hydrogens is 817 g/mol. The Hall–Kier alpha value is -7.99. The Morgan fingerprint density at radius 3 is 1.98 bits per heavy atom. The first-order chi connectivity index (χ1) is 30.7. The predicted molar refractivity (Wildman–Crippen MR) is 227 cm³/mol. The third-order valence-electron chi connectivity index (χ3n) is 11.1. The van der Waals surface area contributed by atoms with E-state index < -0.39 is 41.0 Å². The quantitative estimate of drug-likeness (QED) is 0.103. The molecule has 0 spiro atoms. The highest BCUT2D eigenvalue weighted by Gasteiger charge is 2.32. The number of carboxylic acid groups (broad SMARTS) is 1. The molecule has 10 rings (SSSR count). The van der Waals surface area contributed by atoms with E-state index in [1.165, 1.54) is 44.4 Å². The molecule has 18 heteroatoms. The fraction of sp³-hybridized carbons (Fsp3) is 0.133. The summed E-state index contributed by atoms with van der Waals surface area (Å²) in [6, 6.07) is 14.4. The van der Waals surface area contributed by atoms with Crippen molar-refractivity contribution in [2.24, 2.45) is 0 Å². The minimum atomic E-state index is -1.22. The van der Waals surface area contributed by atoms with Gasteiger partial charge in [-0.3, -0.25) is 14.9 Å². The summed E-state index contributed by atoms with van der Waals surface area (Å²) in [6.07, 6.45) is 13.3. The molecule has 0 aliphatic carbocycles. The van der Waals surface area contributed by atoms with Gasteiger partial charge in [-0.15, -0.1) is 0 Å². The predicted octanol–water partition coefficient (Wildman–Crippen LogP) is 8.82. The zero-order chi connectivity index (χ0) is 43.2. The van der Waals surface area contributed by atoms with E-state index >= 15 is 8.78 Å². The summed E-state index contributed by atoms with van der Waals surface area (Å²) in [7, 11) is 0. The van der Waals surface area contributed by atoms with Gasteiger partial charge in [-0.25, -0.2) is 32.3 Å². The van der Waals surface area contributed by atoms with Crippen LogP contribution in [0.4, 0.5) is 45.6 Å². The molecule has 0 saturated carbocycles. The fourth-order valence-corrected chi connectivity index (χ4v) is 8.13. The van der Waals surface area contributed by atoms with Gasteiger partial charge in [0.25, 0.3) is 0 Å². The average Bonchev–Trinajstić information content (AvgIpc) is 3.89. The maximum atomic E-state index is 15.6. The molecule has 63 heavy (non-hydrogen) atoms. The van der Waals surface area contributed by atoms with E-state index in [1.807, 2.05) is 6.07 Å². The number of nitrogens with zero attached hydrogens (tertiary/aromatic N) is 9. The second kappa shape index (κ2) is 16.1. The van der Waals surface area contributed by atoms with Crippen LogP contribution in [0, 0.1) is 23.3 Å². The number of pyridine rings is 2. The minimum Gasteiger partial charge on any atom is -0.465 e. The van der Waals surface area contributed by atoms with Crippen LogP contribution in [0.25, 0.3) is 44.7 Å². The van der Waals surface area contributed by atoms with Crippen LogP contribution in [0.2, 0.25) is 0 Å². The minimum absolute atomic E-state index is 0.0408. The lowest BCUT2D eigenvalue weighted by atomic mass is 9.91. The number of hydrogen-bond donors (Lipinski definition) is 4. The number of nitrogens with one attached hydrogen (secondary N) is 3. The maximum Gasteiger partial charge on any atom is 0.408 e. The number of halogens is 4. The molecule has 8 heterocycles. The molecule has 2 aliphatic rings. The molecule has 1 unspecified atom stereocenters. The second-order valence-corrected chi connectivity index (χ2v) is 14.8. The number of anilines is 4. The molecule has 1 amide bonds. The lowest BCUT2D eigenvalue weighted by Crippen LogP contribution is -2.36. The number of benzene rings is 2. The molecule has 2 aromatic carbocycles. The van der Waals surface area contributed by atoms with Gasteiger partial charge in [0, 0.05) is 42.2 Å². The summed E-state index contributed by atoms with van der Waals surface area (Å²) < 4.78 is 63.5. The number of aromatic nitrogens is 8. The topological polar surface area (TPSA) is 163 Å². The summed E-state index contributed by atoms with van der Waals surface area (Å²) in [4.78, 5) is 32.0. The molecule has 14 nitrogen and oxygen atoms in total. The first kappa shape index (κ1) is 39.2. The fourth-order valence-electron chi connectivity index (χ4n) is 8.13. The largest absolute Gasteiger partial charge is 0.465 e. The highest BCUT2D eigenvalue weighted by molar-refractivity contribution is 5.83. The molecule has 0 bridgehead atoms. The lowest BCUT2D eigenvalue weighted by molar-refractivity contribution is 0.133. The summed E-state index contributed by atoms with van der Waals surface area (Å²) in [6.45, 7) is 1.55. The van der Waals surface area contributed by atoms with Crippen molar-refractivity contribution in [1.82, 2.24) is 49.4 Å². The van der Waals surface area contributed by atoms with Crippen molar-refractivity contribution < 1.29 is 27.5 Å². The Morgan fingerprint density at radius 1 is 0.714 bits per heavy atom. The third-order valence-corrected chi connectivity index (χ3v) is 11.1. The summed E-state index contributed by atoms with van der Waals surface area (Å²) >= 11 is 0. The highest BCUT2D eigenvalue weighted by atomic mass is 19.1. The standard InChI is InChI=1S/C45H34F4N12O2/c46-31-3-1-4-32(47)41(31)35-8-7-27-21-53-43(60(27)57-35)55-38-23-52-17-12-29(38)26-13-18-59(45(62)63)39(19-26)30-20-36(42-33(48)5-2-6-34(42)49)58-61-40(30)24-54-44(61)56-37-22-51-16-11-28(37)25-9-14-50-15-10-25/h1-9,11-12,16-17,19-24,39,50H,10,13-15,18H2,(H,53,55)(H,54,56)(H,62,63). The van der Waals surface area contributed by atoms with Crippen molar-refractivity contribution in [3.8, 4) is 22.5 Å². The van der Waals surface area contributed by atoms with Crippen molar-refractivity contribution in [3.63, 3.8) is 0 Å². The molecule has 8 aromatic rings. The maximum absolute atomic E-state index is 15.6. The third kappa shape index (κ3) is 7.24. The van der Waals surface area contributed by atoms with E-state index in [1.54, 1.807) is 49.2 Å². The van der Waals surface area contributed by atoms with Gasteiger partial charge < -0.3 is 21.1 Å². The normalized spacial score (nSPS) is 15.4. The van der Waals surface area contributed by atoms with Gasteiger partial charge in [0.1, 0.15) is 23.3 Å². The molecule has 0 radical (unpaired) electrons. The molecule has 1 atom stereocenters. The van der Waals surface area contributed by atoms with Crippen LogP contribution in [0.3, 0.4) is 0 Å². The first-order valence-corrected chi connectivity index (χ1v) is 19.9. The monoisotopic (exact) mass is 850 g/mol. The molecule has 0 fully saturated rings. The zero-order valence-electron chi connectivity index (χ0n) is 33.0. The Bertz CT molecular complexity index is 3130. The summed E-state index contributed by atoms with van der Waals surface area (Å²) in [5.74, 6) is -2.83. The number of amides is 1. The van der Waals surface area contributed by atoms with Gasteiger partial charge in [0.05, 0.1) is 75.8 Å². The van der Waals surface area contributed by atoms with Crippen molar-refractivity contribution in [1.29, 1.82) is 0 Å². The molecule has 314 valence electrons. The number of fused-ring (bicyclic) bond motifs is 2. The van der Waals surface area contributed by atoms with Gasteiger partial charge >= 0.3 is 6.09 Å². The van der Waals surface area contributed by atoms with Crippen LogP contribution in [0.15, 0.2) is 116 Å². The average molecular weight is 851 g/mol. The van der Waals surface area contributed by atoms with Gasteiger partial charge in [-0.2, -0.15) is 19.2 Å². The Balaban J connectivity index is 1.08. The van der Waals surface area contributed by atoms with Crippen LogP contribution < -0.4 is 16.0 Å². The molecular formula is C45H34F4N12O2. The summed E-state index contributed by atoms with van der Waals surface area (Å²) in [5, 5.41) is 29.7. The van der Waals surface area contributed by atoms with Gasteiger partial charge in [-0.1, -0.05) is 24.3 Å². The van der Waals surface area contributed by atoms with Crippen molar-refractivity contribution >= 4 is 51.5 Å². The second-order valence-electron chi connectivity index (χ2n) is 14.8. The highest BCUT2D eigenvalue weighted by Crippen LogP contribution is 2.40. The van der Waals surface area contributed by atoms with Crippen LogP contribution >= 0.6 is 0 Å². The first-order valence-electron chi connectivity index (χ1n) is 19.9. The Labute approximate surface area is 355 Å². The van der Waals surface area contributed by atoms with Crippen molar-refractivity contribution in [2.75, 3.05) is 30.3 Å². The van der Waals surface area contributed by atoms with Gasteiger partial charge in [-0.05, 0) is 85.1 Å². The van der Waals surface area contributed by atoms with E-state index in [4.69, 9.17) is 0 Å². The van der Waals surface area contributed by atoms with Crippen LogP contribution in [0.5, 0.6) is 0 Å². The summed E-state index contributed by atoms with van der Waals surface area (Å²) in [5.41, 5.74) is 5.02. The van der Waals surface area contributed by atoms with Gasteiger partial charge in [0.2, 0.25) is 11.9 Å². The van der Waals surface area contributed by atoms with Crippen LogP contribution in [0.1, 0.15) is 35.6 Å². The number of hydrogen-bond acceptors (Lipinski definition) is 10. The van der Waals surface area contributed by atoms with E-state index in [-0.39, 0.29) is 41.8 Å². The zero-order valence-corrected chi connectivity index (χ0v) is 33.0. The van der Waals surface area contributed by atoms with Crippen LogP contribution in [-0.2, 0) is 0 Å². The number of imidazole rings is 2. The Morgan fingerprint density at radius 2 is 1.33 bits per heavy atom. The lowest BCUT2D eigenvalue weighted by Gasteiger charge is -2.33. The molecule has 6 aromatic heterocycles. The van der Waals surface area contributed by atoms with Crippen LogP contribution in [-0.4, -0.2) is 74.9 Å². The smallest absolute Gasteiger partial charge is 0.408 e. The number of carbonyl (C=O) groups is 1. The van der Waals surface area contributed by atoms with E-state index in [2.05, 4.69) is 52.2 Å².